The van der Waals surface area contributed by atoms with E-state index in [9.17, 15) is 8.42 Å². The molecule has 0 aromatic carbocycles. The van der Waals surface area contributed by atoms with Crippen molar-refractivity contribution in [3.63, 3.8) is 0 Å². The third-order valence-electron chi connectivity index (χ3n) is 4.19. The minimum Gasteiger partial charge on any atom is -0.330 e. The molecule has 2 N–H and O–H groups in total. The predicted octanol–water partition coefficient (Wildman–Crippen LogP) is 1.10. The molecule has 2 heterocycles. The number of rotatable bonds is 3. The topological polar surface area (TPSA) is 78.0 Å². The van der Waals surface area contributed by atoms with Crippen LogP contribution in [-0.4, -0.2) is 36.2 Å². The van der Waals surface area contributed by atoms with Crippen molar-refractivity contribution in [1.82, 2.24) is 9.78 Å². The Morgan fingerprint density at radius 3 is 2.58 bits per heavy atom. The first kappa shape index (κ1) is 14.5. The second kappa shape index (κ2) is 4.59. The summed E-state index contributed by atoms with van der Waals surface area (Å²) in [6.45, 7) is 8.61. The number of hydrogen-bond donors (Lipinski definition) is 1. The summed E-state index contributed by atoms with van der Waals surface area (Å²) in [5.41, 5.74) is 8.50. The van der Waals surface area contributed by atoms with E-state index in [4.69, 9.17) is 5.73 Å². The van der Waals surface area contributed by atoms with Crippen LogP contribution < -0.4 is 5.73 Å². The molecule has 1 saturated heterocycles. The van der Waals surface area contributed by atoms with E-state index in [0.717, 1.165) is 17.0 Å². The molecule has 0 saturated carbocycles. The summed E-state index contributed by atoms with van der Waals surface area (Å²) in [6.07, 6.45) is 0.633. The molecule has 0 spiro atoms. The molecule has 1 aromatic heterocycles. The molecule has 19 heavy (non-hydrogen) atoms. The molecule has 2 rings (SSSR count). The van der Waals surface area contributed by atoms with Crippen LogP contribution in [0.1, 0.15) is 43.1 Å². The molecule has 1 aliphatic rings. The molecule has 6 heteroatoms. The Kier molecular flexibility index (Phi) is 3.51. The zero-order valence-electron chi connectivity index (χ0n) is 12.1. The van der Waals surface area contributed by atoms with Crippen LogP contribution in [0.2, 0.25) is 0 Å². The van der Waals surface area contributed by atoms with E-state index < -0.39 is 15.4 Å². The number of hydrogen-bond acceptors (Lipinski definition) is 4. The Labute approximate surface area is 115 Å². The zero-order valence-corrected chi connectivity index (χ0v) is 12.9. The maximum Gasteiger partial charge on any atom is 0.152 e. The second-order valence-corrected chi connectivity index (χ2v) is 8.16. The molecule has 0 radical (unpaired) electrons. The number of nitrogens with zero attached hydrogens (tertiary/aromatic N) is 2. The third-order valence-corrected chi connectivity index (χ3v) is 6.08. The Balaban J connectivity index is 2.48. The smallest absolute Gasteiger partial charge is 0.152 e. The Hall–Kier alpha value is -0.880. The minimum atomic E-state index is -2.93. The van der Waals surface area contributed by atoms with E-state index >= 15 is 0 Å². The molecule has 1 aromatic rings. The number of nitrogens with two attached hydrogens (primary N) is 1. The lowest BCUT2D eigenvalue weighted by Gasteiger charge is -2.25. The third kappa shape index (κ3) is 2.43. The van der Waals surface area contributed by atoms with Gasteiger partial charge in [-0.3, -0.25) is 4.68 Å². The highest BCUT2D eigenvalue weighted by atomic mass is 32.2. The van der Waals surface area contributed by atoms with Crippen molar-refractivity contribution in [2.75, 3.05) is 18.1 Å². The Bertz CT molecular complexity index is 591. The lowest BCUT2D eigenvalue weighted by molar-refractivity contribution is 0.320. The molecule has 1 fully saturated rings. The van der Waals surface area contributed by atoms with Gasteiger partial charge in [0, 0.05) is 11.3 Å². The van der Waals surface area contributed by atoms with E-state index in [1.54, 1.807) is 0 Å². The summed E-state index contributed by atoms with van der Waals surface area (Å²) in [7, 11) is -2.93. The highest BCUT2D eigenvalue weighted by Gasteiger charge is 2.42. The molecule has 1 aliphatic heterocycles. The van der Waals surface area contributed by atoms with E-state index in [1.807, 2.05) is 25.5 Å². The van der Waals surface area contributed by atoms with Crippen molar-refractivity contribution >= 4 is 9.84 Å². The molecule has 0 amide bonds. The van der Waals surface area contributed by atoms with Crippen molar-refractivity contribution in [3.05, 3.63) is 17.0 Å². The number of aromatic nitrogens is 2. The molecule has 5 nitrogen and oxygen atoms in total. The quantitative estimate of drug-likeness (QED) is 0.902. The lowest BCUT2D eigenvalue weighted by atomic mass is 9.97. The van der Waals surface area contributed by atoms with Crippen LogP contribution >= 0.6 is 0 Å². The van der Waals surface area contributed by atoms with Gasteiger partial charge in [-0.2, -0.15) is 5.10 Å². The highest BCUT2D eigenvalue weighted by molar-refractivity contribution is 7.91. The summed E-state index contributed by atoms with van der Waals surface area (Å²) >= 11 is 0. The Morgan fingerprint density at radius 1 is 1.47 bits per heavy atom. The summed E-state index contributed by atoms with van der Waals surface area (Å²) in [4.78, 5) is 0. The number of sulfone groups is 1. The van der Waals surface area contributed by atoms with Crippen molar-refractivity contribution < 1.29 is 8.42 Å². The maximum atomic E-state index is 11.8. The standard InChI is InChI=1S/C13H23N3O2S/c1-9(7-14)12-10(2)15-16(11(12)3)13(4)5-6-19(17,18)8-13/h9H,5-8,14H2,1-4H3. The van der Waals surface area contributed by atoms with Gasteiger partial charge in [0.15, 0.2) is 9.84 Å². The first-order valence-corrected chi connectivity index (χ1v) is 8.49. The molecular weight excluding hydrogens is 262 g/mol. The van der Waals surface area contributed by atoms with Gasteiger partial charge in [-0.05, 0) is 39.7 Å². The van der Waals surface area contributed by atoms with E-state index in [-0.39, 0.29) is 17.4 Å². The van der Waals surface area contributed by atoms with Gasteiger partial charge >= 0.3 is 0 Å². The monoisotopic (exact) mass is 285 g/mol. The fourth-order valence-corrected chi connectivity index (χ4v) is 5.28. The van der Waals surface area contributed by atoms with Gasteiger partial charge in [0.2, 0.25) is 0 Å². The van der Waals surface area contributed by atoms with Crippen LogP contribution in [0.3, 0.4) is 0 Å². The predicted molar refractivity (Wildman–Crippen MR) is 76.1 cm³/mol. The van der Waals surface area contributed by atoms with Crippen LogP contribution in [0.25, 0.3) is 0 Å². The summed E-state index contributed by atoms with van der Waals surface area (Å²) in [6, 6.07) is 0. The largest absolute Gasteiger partial charge is 0.330 e. The van der Waals surface area contributed by atoms with Crippen molar-refractivity contribution in [1.29, 1.82) is 0 Å². The Morgan fingerprint density at radius 2 is 2.11 bits per heavy atom. The fraction of sp³-hybridized carbons (Fsp3) is 0.769. The van der Waals surface area contributed by atoms with Gasteiger partial charge in [-0.15, -0.1) is 0 Å². The number of aryl methyl sites for hydroxylation is 1. The first-order chi connectivity index (χ1) is 8.70. The maximum absolute atomic E-state index is 11.8. The second-order valence-electron chi connectivity index (χ2n) is 5.97. The van der Waals surface area contributed by atoms with Gasteiger partial charge < -0.3 is 5.73 Å². The van der Waals surface area contributed by atoms with Crippen LogP contribution in [-0.2, 0) is 15.4 Å². The average molecular weight is 285 g/mol. The van der Waals surface area contributed by atoms with Gasteiger partial charge in [0.25, 0.3) is 0 Å². The average Bonchev–Trinajstić information content (AvgIpc) is 2.76. The van der Waals surface area contributed by atoms with Crippen LogP contribution in [0.4, 0.5) is 0 Å². The molecule has 108 valence electrons. The zero-order chi connectivity index (χ0) is 14.4. The van der Waals surface area contributed by atoms with Crippen molar-refractivity contribution in [2.24, 2.45) is 5.73 Å². The summed E-state index contributed by atoms with van der Waals surface area (Å²) in [5.74, 6) is 0.678. The van der Waals surface area contributed by atoms with Gasteiger partial charge in [0.05, 0.1) is 22.7 Å². The van der Waals surface area contributed by atoms with Crippen LogP contribution in [0.15, 0.2) is 0 Å². The van der Waals surface area contributed by atoms with Crippen LogP contribution in [0.5, 0.6) is 0 Å². The molecule has 2 unspecified atom stereocenters. The van der Waals surface area contributed by atoms with Crippen molar-refractivity contribution in [3.8, 4) is 0 Å². The molecule has 0 aliphatic carbocycles. The fourth-order valence-electron chi connectivity index (χ4n) is 3.17. The summed E-state index contributed by atoms with van der Waals surface area (Å²) < 4.78 is 25.4. The molecule has 2 atom stereocenters. The van der Waals surface area contributed by atoms with E-state index in [0.29, 0.717) is 13.0 Å². The normalized spacial score (nSPS) is 27.6. The van der Waals surface area contributed by atoms with Gasteiger partial charge in [0.1, 0.15) is 0 Å². The van der Waals surface area contributed by atoms with E-state index in [1.165, 1.54) is 0 Å². The first-order valence-electron chi connectivity index (χ1n) is 6.67. The minimum absolute atomic E-state index is 0.179. The molecule has 0 bridgehead atoms. The SMILES string of the molecule is Cc1nn(C2(C)CCS(=O)(=O)C2)c(C)c1C(C)CN. The van der Waals surface area contributed by atoms with E-state index in [2.05, 4.69) is 12.0 Å². The van der Waals surface area contributed by atoms with Gasteiger partial charge in [-0.25, -0.2) is 8.42 Å². The summed E-state index contributed by atoms with van der Waals surface area (Å²) in [5, 5.41) is 4.60. The highest BCUT2D eigenvalue weighted by Crippen LogP contribution is 2.34. The van der Waals surface area contributed by atoms with Crippen molar-refractivity contribution in [2.45, 2.75) is 45.6 Å². The molecular formula is C13H23N3O2S. The van der Waals surface area contributed by atoms with Crippen LogP contribution in [0, 0.1) is 13.8 Å². The van der Waals surface area contributed by atoms with Gasteiger partial charge in [-0.1, -0.05) is 6.92 Å². The lowest BCUT2D eigenvalue weighted by Crippen LogP contribution is -2.33.